The van der Waals surface area contributed by atoms with Gasteiger partial charge in [-0.25, -0.2) is 4.99 Å². The van der Waals surface area contributed by atoms with Crippen LogP contribution in [-0.4, -0.2) is 16.6 Å². The predicted molar refractivity (Wildman–Crippen MR) is 282 cm³/mol. The van der Waals surface area contributed by atoms with Gasteiger partial charge in [0.1, 0.15) is 12.0 Å². The monoisotopic (exact) mass is 873 g/mol. The van der Waals surface area contributed by atoms with E-state index in [1.165, 1.54) is 94.3 Å². The summed E-state index contributed by atoms with van der Waals surface area (Å²) in [6.07, 6.45) is 8.68. The average molecular weight is 874 g/mol. The number of allylic oxidation sites excluding steroid dienone is 1. The Labute approximate surface area is 396 Å². The molecule has 10 aromatic rings. The van der Waals surface area contributed by atoms with Crippen LogP contribution in [0.2, 0.25) is 0 Å². The highest BCUT2D eigenvalue weighted by Gasteiger charge is 2.39. The topological polar surface area (TPSA) is 44.6 Å². The lowest BCUT2D eigenvalue weighted by molar-refractivity contribution is 0.326. The van der Waals surface area contributed by atoms with E-state index in [0.29, 0.717) is 0 Å². The fraction of sp³-hybridized carbons (Fsp3) is 0.0952. The zero-order valence-corrected chi connectivity index (χ0v) is 37.4. The Balaban J connectivity index is 0.908. The second kappa shape index (κ2) is 15.7. The lowest BCUT2D eigenvalue weighted by Gasteiger charge is -2.37. The van der Waals surface area contributed by atoms with Crippen LogP contribution in [-0.2, 0) is 12.8 Å². The summed E-state index contributed by atoms with van der Waals surface area (Å²) in [7, 11) is 0. The summed E-state index contributed by atoms with van der Waals surface area (Å²) >= 11 is 0. The SMILES string of the molecule is C1=CC(C2NC(c3ccc(N4C5=Cc6ccccc6CC5c5cc(-n6c7ccccc7c7ccccc76)ccc54)c4ccccc34)=NC(c3cccc(-c4ccccc4)c3)N2)Cc2ccccc21. The molecule has 0 radical (unpaired) electrons. The Morgan fingerprint density at radius 1 is 0.515 bits per heavy atom. The van der Waals surface area contributed by atoms with Crippen molar-refractivity contribution in [2.24, 2.45) is 10.9 Å². The van der Waals surface area contributed by atoms with E-state index in [1.54, 1.807) is 0 Å². The Morgan fingerprint density at radius 3 is 1.99 bits per heavy atom. The number of amidine groups is 1. The molecule has 0 saturated carbocycles. The summed E-state index contributed by atoms with van der Waals surface area (Å²) in [5.41, 5.74) is 18.7. The van der Waals surface area contributed by atoms with Gasteiger partial charge < -0.3 is 14.8 Å². The van der Waals surface area contributed by atoms with Crippen molar-refractivity contribution in [2.75, 3.05) is 4.90 Å². The van der Waals surface area contributed by atoms with Gasteiger partial charge in [0, 0.05) is 50.6 Å². The summed E-state index contributed by atoms with van der Waals surface area (Å²) in [6, 6.07) is 75.6. The van der Waals surface area contributed by atoms with E-state index in [0.717, 1.165) is 29.8 Å². The number of anilines is 2. The summed E-state index contributed by atoms with van der Waals surface area (Å²) in [5, 5.41) is 12.9. The van der Waals surface area contributed by atoms with E-state index < -0.39 is 0 Å². The molecule has 0 spiro atoms. The summed E-state index contributed by atoms with van der Waals surface area (Å²) < 4.78 is 2.45. The van der Waals surface area contributed by atoms with Crippen LogP contribution in [0.5, 0.6) is 0 Å². The molecule has 14 rings (SSSR count). The first kappa shape index (κ1) is 39.0. The quantitative estimate of drug-likeness (QED) is 0.175. The molecule has 324 valence electrons. The van der Waals surface area contributed by atoms with E-state index in [2.05, 4.69) is 245 Å². The second-order valence-corrected chi connectivity index (χ2v) is 18.7. The van der Waals surface area contributed by atoms with Crippen molar-refractivity contribution in [3.63, 3.8) is 0 Å². The van der Waals surface area contributed by atoms with E-state index >= 15 is 0 Å². The average Bonchev–Trinajstić information content (AvgIpc) is 3.91. The van der Waals surface area contributed by atoms with Crippen molar-refractivity contribution < 1.29 is 0 Å². The number of hydrogen-bond donors (Lipinski definition) is 2. The zero-order valence-electron chi connectivity index (χ0n) is 37.4. The second-order valence-electron chi connectivity index (χ2n) is 18.7. The third-order valence-corrected chi connectivity index (χ3v) is 14.9. The number of nitrogens with one attached hydrogen (secondary N) is 2. The van der Waals surface area contributed by atoms with Gasteiger partial charge in [0.25, 0.3) is 0 Å². The van der Waals surface area contributed by atoms with Gasteiger partial charge in [-0.15, -0.1) is 0 Å². The van der Waals surface area contributed by atoms with Gasteiger partial charge in [-0.3, -0.25) is 5.32 Å². The van der Waals surface area contributed by atoms with Crippen molar-refractivity contribution >= 4 is 61.9 Å². The summed E-state index contributed by atoms with van der Waals surface area (Å²) in [4.78, 5) is 8.13. The molecule has 4 unspecified atom stereocenters. The number of rotatable bonds is 6. The molecule has 9 aromatic carbocycles. The van der Waals surface area contributed by atoms with Crippen molar-refractivity contribution in [2.45, 2.75) is 31.1 Å². The first-order valence-electron chi connectivity index (χ1n) is 24.0. The van der Waals surface area contributed by atoms with Gasteiger partial charge in [0.15, 0.2) is 0 Å². The van der Waals surface area contributed by atoms with Gasteiger partial charge in [-0.1, -0.05) is 170 Å². The first-order chi connectivity index (χ1) is 33.7. The van der Waals surface area contributed by atoms with Crippen molar-refractivity contribution in [3.05, 3.63) is 257 Å². The molecule has 0 bridgehead atoms. The molecular weight excluding hydrogens is 827 g/mol. The maximum atomic E-state index is 5.57. The number of benzene rings is 9. The third kappa shape index (κ3) is 6.31. The van der Waals surface area contributed by atoms with Crippen LogP contribution in [0.25, 0.3) is 61.5 Å². The van der Waals surface area contributed by atoms with E-state index in [9.17, 15) is 0 Å². The van der Waals surface area contributed by atoms with Crippen LogP contribution in [0.4, 0.5) is 11.4 Å². The molecule has 4 atom stereocenters. The molecule has 3 heterocycles. The summed E-state index contributed by atoms with van der Waals surface area (Å²) in [6.45, 7) is 0. The maximum absolute atomic E-state index is 5.57. The minimum absolute atomic E-state index is 0.0571. The fourth-order valence-corrected chi connectivity index (χ4v) is 11.7. The third-order valence-electron chi connectivity index (χ3n) is 14.9. The fourth-order valence-electron chi connectivity index (χ4n) is 11.7. The zero-order chi connectivity index (χ0) is 44.7. The van der Waals surface area contributed by atoms with Crippen molar-refractivity contribution in [1.82, 2.24) is 15.2 Å². The molecule has 4 aliphatic rings. The van der Waals surface area contributed by atoms with E-state index in [-0.39, 0.29) is 24.2 Å². The standard InChI is InChI=1S/C63H47N5/c1-2-15-40(16-3-1)43-21-14-22-46(35-43)61-64-62(47-30-29-41-17-4-5-18-42(41)36-47)66-63(65-61)53-32-34-58(50-24-9-8-23-49(50)53)68-59-33-31-48(39-55(59)54-37-44-19-6-7-20-45(44)38-60(54)68)67-56-27-12-10-25-51(56)52-26-11-13-28-57(52)67/h1-35,38-39,47,54,61-62,64H,36-37H2,(H,65,66). The number of para-hydroxylation sites is 2. The van der Waals surface area contributed by atoms with Gasteiger partial charge in [-0.05, 0) is 117 Å². The van der Waals surface area contributed by atoms with Gasteiger partial charge in [0.05, 0.1) is 22.9 Å². The minimum atomic E-state index is -0.258. The van der Waals surface area contributed by atoms with Crippen LogP contribution in [0, 0.1) is 5.92 Å². The highest BCUT2D eigenvalue weighted by molar-refractivity contribution is 6.14. The van der Waals surface area contributed by atoms with Crippen LogP contribution >= 0.6 is 0 Å². The smallest absolute Gasteiger partial charge is 0.132 e. The van der Waals surface area contributed by atoms with E-state index in [4.69, 9.17) is 4.99 Å². The van der Waals surface area contributed by atoms with Gasteiger partial charge >= 0.3 is 0 Å². The summed E-state index contributed by atoms with van der Waals surface area (Å²) in [5.74, 6) is 1.32. The maximum Gasteiger partial charge on any atom is 0.132 e. The number of hydrogen-bond acceptors (Lipinski definition) is 4. The molecular formula is C63H47N5. The van der Waals surface area contributed by atoms with Gasteiger partial charge in [-0.2, -0.15) is 0 Å². The Kier molecular flexibility index (Phi) is 8.99. The Hall–Kier alpha value is -8.25. The molecule has 2 aliphatic heterocycles. The molecule has 2 aliphatic carbocycles. The van der Waals surface area contributed by atoms with Crippen LogP contribution in [0.15, 0.2) is 223 Å². The highest BCUT2D eigenvalue weighted by Crippen LogP contribution is 2.54. The lowest BCUT2D eigenvalue weighted by Crippen LogP contribution is -2.55. The molecule has 1 aromatic heterocycles. The van der Waals surface area contributed by atoms with Crippen molar-refractivity contribution in [3.8, 4) is 16.8 Å². The molecule has 0 amide bonds. The van der Waals surface area contributed by atoms with E-state index in [1.807, 2.05) is 0 Å². The highest BCUT2D eigenvalue weighted by atomic mass is 15.3. The number of aliphatic imine (C=N–C) groups is 1. The predicted octanol–water partition coefficient (Wildman–Crippen LogP) is 14.3. The Morgan fingerprint density at radius 2 is 1.18 bits per heavy atom. The van der Waals surface area contributed by atoms with Crippen LogP contribution in [0.3, 0.4) is 0 Å². The Bertz CT molecular complexity index is 3690. The molecule has 0 fully saturated rings. The van der Waals surface area contributed by atoms with Crippen LogP contribution in [0.1, 0.15) is 51.0 Å². The largest absolute Gasteiger partial charge is 0.354 e. The molecule has 68 heavy (non-hydrogen) atoms. The van der Waals surface area contributed by atoms with Crippen molar-refractivity contribution in [1.29, 1.82) is 0 Å². The molecule has 2 N–H and O–H groups in total. The first-order valence-corrected chi connectivity index (χ1v) is 24.0. The molecule has 0 saturated heterocycles. The van der Waals surface area contributed by atoms with Crippen LogP contribution < -0.4 is 15.5 Å². The number of aromatic nitrogens is 1. The number of fused-ring (bicyclic) bond motifs is 9. The normalized spacial score (nSPS) is 19.2. The lowest BCUT2D eigenvalue weighted by atomic mass is 9.84. The molecule has 5 heteroatoms. The molecule has 5 nitrogen and oxygen atoms in total. The minimum Gasteiger partial charge on any atom is -0.354 e. The van der Waals surface area contributed by atoms with Gasteiger partial charge in [0.2, 0.25) is 0 Å². The number of nitrogens with zero attached hydrogens (tertiary/aromatic N) is 3.